The summed E-state index contributed by atoms with van der Waals surface area (Å²) in [6.45, 7) is 0.202. The van der Waals surface area contributed by atoms with Crippen molar-refractivity contribution in [2.45, 2.75) is 6.61 Å². The first-order chi connectivity index (χ1) is 10.0. The van der Waals surface area contributed by atoms with Crippen molar-refractivity contribution in [1.82, 2.24) is 0 Å². The van der Waals surface area contributed by atoms with Crippen molar-refractivity contribution < 1.29 is 19.0 Å². The predicted octanol–water partition coefficient (Wildman–Crippen LogP) is 4.27. The monoisotopic (exact) mass is 350 g/mol. The quantitative estimate of drug-likeness (QED) is 0.819. The first kappa shape index (κ1) is 15.3. The fraction of sp³-hybridized carbons (Fsp3) is 0.0625. The van der Waals surface area contributed by atoms with Crippen LogP contribution in [0.15, 0.2) is 53.0 Å². The fourth-order valence-electron chi connectivity index (χ4n) is 1.73. The molecule has 21 heavy (non-hydrogen) atoms. The Hall–Kier alpha value is -2.14. The third-order valence-electron chi connectivity index (χ3n) is 2.66. The maximum absolute atomic E-state index is 13.1. The normalized spacial score (nSPS) is 10.8. The molecule has 2 aromatic carbocycles. The molecule has 0 aromatic heterocycles. The molecule has 0 heterocycles. The highest BCUT2D eigenvalue weighted by atomic mass is 79.9. The molecule has 0 saturated heterocycles. The first-order valence-electron chi connectivity index (χ1n) is 6.12. The van der Waals surface area contributed by atoms with Gasteiger partial charge in [-0.2, -0.15) is 0 Å². The van der Waals surface area contributed by atoms with E-state index in [2.05, 4.69) is 15.9 Å². The Labute approximate surface area is 129 Å². The Kier molecular flexibility index (Phi) is 5.11. The zero-order valence-corrected chi connectivity index (χ0v) is 12.5. The number of ether oxygens (including phenoxy) is 1. The second kappa shape index (κ2) is 7.04. The van der Waals surface area contributed by atoms with Gasteiger partial charge in [0.2, 0.25) is 0 Å². The lowest BCUT2D eigenvalue weighted by Crippen LogP contribution is -1.97. The van der Waals surface area contributed by atoms with Crippen molar-refractivity contribution in [1.29, 1.82) is 0 Å². The van der Waals surface area contributed by atoms with Crippen LogP contribution < -0.4 is 4.74 Å². The standard InChI is InChI=1S/C16H12BrFO3/c17-13-5-6-15(12(9-13)4-7-16(19)20)21-10-11-2-1-3-14(18)8-11/h1-9H,10H2,(H,19,20)/b7-4+. The number of carboxylic acids is 1. The van der Waals surface area contributed by atoms with Crippen LogP contribution in [0.4, 0.5) is 4.39 Å². The minimum absolute atomic E-state index is 0.202. The molecule has 108 valence electrons. The Morgan fingerprint density at radius 2 is 2.10 bits per heavy atom. The van der Waals surface area contributed by atoms with Crippen LogP contribution in [-0.2, 0) is 11.4 Å². The largest absolute Gasteiger partial charge is 0.488 e. The van der Waals surface area contributed by atoms with E-state index in [-0.39, 0.29) is 12.4 Å². The van der Waals surface area contributed by atoms with Gasteiger partial charge in [0, 0.05) is 16.1 Å². The maximum Gasteiger partial charge on any atom is 0.328 e. The van der Waals surface area contributed by atoms with E-state index in [1.807, 2.05) is 0 Å². The van der Waals surface area contributed by atoms with Crippen LogP contribution in [0.5, 0.6) is 5.75 Å². The van der Waals surface area contributed by atoms with E-state index in [1.54, 1.807) is 30.3 Å². The summed E-state index contributed by atoms with van der Waals surface area (Å²) in [5, 5.41) is 8.69. The molecular weight excluding hydrogens is 339 g/mol. The van der Waals surface area contributed by atoms with Gasteiger partial charge in [0.1, 0.15) is 18.2 Å². The Morgan fingerprint density at radius 1 is 1.29 bits per heavy atom. The van der Waals surface area contributed by atoms with E-state index >= 15 is 0 Å². The Bertz CT molecular complexity index is 683. The van der Waals surface area contributed by atoms with Crippen molar-refractivity contribution in [3.8, 4) is 5.75 Å². The van der Waals surface area contributed by atoms with E-state index < -0.39 is 5.97 Å². The van der Waals surface area contributed by atoms with Gasteiger partial charge in [0.05, 0.1) is 0 Å². The minimum atomic E-state index is -1.04. The number of halogens is 2. The summed E-state index contributed by atoms with van der Waals surface area (Å²) in [5.74, 6) is -0.830. The number of carbonyl (C=O) groups is 1. The first-order valence-corrected chi connectivity index (χ1v) is 6.92. The molecular formula is C16H12BrFO3. The van der Waals surface area contributed by atoms with Crippen LogP contribution in [-0.4, -0.2) is 11.1 Å². The highest BCUT2D eigenvalue weighted by Crippen LogP contribution is 2.25. The van der Waals surface area contributed by atoms with Crippen molar-refractivity contribution in [2.24, 2.45) is 0 Å². The zero-order chi connectivity index (χ0) is 15.2. The molecule has 0 saturated carbocycles. The van der Waals surface area contributed by atoms with Crippen LogP contribution >= 0.6 is 15.9 Å². The fourth-order valence-corrected chi connectivity index (χ4v) is 2.11. The highest BCUT2D eigenvalue weighted by molar-refractivity contribution is 9.10. The number of rotatable bonds is 5. The second-order valence-electron chi connectivity index (χ2n) is 4.27. The molecule has 2 rings (SSSR count). The maximum atomic E-state index is 13.1. The molecule has 0 aliphatic carbocycles. The van der Waals surface area contributed by atoms with Gasteiger partial charge < -0.3 is 9.84 Å². The van der Waals surface area contributed by atoms with Gasteiger partial charge in [-0.3, -0.25) is 0 Å². The summed E-state index contributed by atoms with van der Waals surface area (Å²) in [4.78, 5) is 10.6. The average molecular weight is 351 g/mol. The molecule has 0 spiro atoms. The topological polar surface area (TPSA) is 46.5 Å². The lowest BCUT2D eigenvalue weighted by atomic mass is 10.2. The van der Waals surface area contributed by atoms with Crippen molar-refractivity contribution in [3.05, 3.63) is 70.0 Å². The summed E-state index contributed by atoms with van der Waals surface area (Å²) < 4.78 is 19.5. The SMILES string of the molecule is O=C(O)/C=C/c1cc(Br)ccc1OCc1cccc(F)c1. The number of carboxylic acid groups (broad SMARTS) is 1. The van der Waals surface area contributed by atoms with Gasteiger partial charge in [-0.25, -0.2) is 9.18 Å². The summed E-state index contributed by atoms with van der Waals surface area (Å²) in [7, 11) is 0. The van der Waals surface area contributed by atoms with Crippen LogP contribution in [0.2, 0.25) is 0 Å². The van der Waals surface area contributed by atoms with Gasteiger partial charge in [0.25, 0.3) is 0 Å². The van der Waals surface area contributed by atoms with Gasteiger partial charge in [-0.1, -0.05) is 28.1 Å². The van der Waals surface area contributed by atoms with Gasteiger partial charge in [-0.05, 0) is 42.0 Å². The lowest BCUT2D eigenvalue weighted by Gasteiger charge is -2.10. The third kappa shape index (κ3) is 4.72. The number of hydrogen-bond acceptors (Lipinski definition) is 2. The number of hydrogen-bond donors (Lipinski definition) is 1. The second-order valence-corrected chi connectivity index (χ2v) is 5.19. The molecule has 0 aliphatic heterocycles. The molecule has 0 fully saturated rings. The van der Waals surface area contributed by atoms with Crippen molar-refractivity contribution in [2.75, 3.05) is 0 Å². The van der Waals surface area contributed by atoms with Crippen LogP contribution in [0, 0.1) is 5.82 Å². The molecule has 5 heteroatoms. The molecule has 3 nitrogen and oxygen atoms in total. The van der Waals surface area contributed by atoms with E-state index in [0.29, 0.717) is 16.9 Å². The lowest BCUT2D eigenvalue weighted by molar-refractivity contribution is -0.131. The van der Waals surface area contributed by atoms with Crippen molar-refractivity contribution in [3.63, 3.8) is 0 Å². The summed E-state index contributed by atoms with van der Waals surface area (Å²) in [5.41, 5.74) is 1.33. The Balaban J connectivity index is 2.17. The number of benzene rings is 2. The molecule has 0 atom stereocenters. The Morgan fingerprint density at radius 3 is 2.81 bits per heavy atom. The smallest absolute Gasteiger partial charge is 0.328 e. The third-order valence-corrected chi connectivity index (χ3v) is 3.15. The zero-order valence-electron chi connectivity index (χ0n) is 10.9. The van der Waals surface area contributed by atoms with Gasteiger partial charge in [-0.15, -0.1) is 0 Å². The van der Waals surface area contributed by atoms with Crippen molar-refractivity contribution >= 4 is 28.0 Å². The molecule has 0 bridgehead atoms. The highest BCUT2D eigenvalue weighted by Gasteiger charge is 2.04. The van der Waals surface area contributed by atoms with E-state index in [1.165, 1.54) is 18.2 Å². The van der Waals surface area contributed by atoms with E-state index in [0.717, 1.165) is 10.5 Å². The number of aliphatic carboxylic acids is 1. The molecule has 0 aliphatic rings. The predicted molar refractivity (Wildman–Crippen MR) is 81.5 cm³/mol. The minimum Gasteiger partial charge on any atom is -0.488 e. The van der Waals surface area contributed by atoms with E-state index in [9.17, 15) is 9.18 Å². The molecule has 0 amide bonds. The van der Waals surface area contributed by atoms with E-state index in [4.69, 9.17) is 9.84 Å². The van der Waals surface area contributed by atoms with Crippen LogP contribution in [0.1, 0.15) is 11.1 Å². The molecule has 2 aromatic rings. The van der Waals surface area contributed by atoms with Gasteiger partial charge >= 0.3 is 5.97 Å². The van der Waals surface area contributed by atoms with Gasteiger partial charge in [0.15, 0.2) is 0 Å². The average Bonchev–Trinajstić information content (AvgIpc) is 2.44. The molecule has 0 radical (unpaired) electrons. The molecule has 1 N–H and O–H groups in total. The molecule has 0 unspecified atom stereocenters. The summed E-state index contributed by atoms with van der Waals surface area (Å²) >= 11 is 3.32. The summed E-state index contributed by atoms with van der Waals surface area (Å²) in [6, 6.07) is 11.4. The van der Waals surface area contributed by atoms with Crippen LogP contribution in [0.25, 0.3) is 6.08 Å². The van der Waals surface area contributed by atoms with Crippen LogP contribution in [0.3, 0.4) is 0 Å². The summed E-state index contributed by atoms with van der Waals surface area (Å²) in [6.07, 6.45) is 2.49.